The molecule has 0 spiro atoms. The third-order valence-corrected chi connectivity index (χ3v) is 5.12. The normalized spacial score (nSPS) is 18.9. The number of aliphatic hydroxyl groups excluding tert-OH is 1. The maximum Gasteiger partial charge on any atom is 0.267 e. The molecule has 0 aliphatic carbocycles. The molecule has 1 saturated heterocycles. The van der Waals surface area contributed by atoms with Crippen molar-refractivity contribution < 1.29 is 9.90 Å². The van der Waals surface area contributed by atoms with Crippen LogP contribution in [0.5, 0.6) is 0 Å². The summed E-state index contributed by atoms with van der Waals surface area (Å²) < 4.78 is 1.87. The van der Waals surface area contributed by atoms with Crippen molar-refractivity contribution in [3.63, 3.8) is 0 Å². The Balaban J connectivity index is 1.62. The summed E-state index contributed by atoms with van der Waals surface area (Å²) in [7, 11) is 1.88. The smallest absolute Gasteiger partial charge is 0.267 e. The number of carbonyl (C=O) groups is 1. The van der Waals surface area contributed by atoms with Gasteiger partial charge in [0, 0.05) is 42.1 Å². The van der Waals surface area contributed by atoms with Gasteiger partial charge in [0.2, 0.25) is 0 Å². The van der Waals surface area contributed by atoms with Crippen LogP contribution in [0.4, 0.5) is 0 Å². The largest absolute Gasteiger partial charge is 0.395 e. The van der Waals surface area contributed by atoms with Crippen molar-refractivity contribution in [3.05, 3.63) is 35.0 Å². The lowest BCUT2D eigenvalue weighted by atomic mass is 10.0. The number of nitrogens with zero attached hydrogens (tertiary/aromatic N) is 2. The average Bonchev–Trinajstić information content (AvgIpc) is 2.92. The molecule has 1 atom stereocenters. The Labute approximate surface area is 147 Å². The Morgan fingerprint density at radius 3 is 3.00 bits per heavy atom. The van der Waals surface area contributed by atoms with E-state index in [2.05, 4.69) is 10.2 Å². The van der Waals surface area contributed by atoms with Crippen LogP contribution < -0.4 is 5.32 Å². The first-order chi connectivity index (χ1) is 11.6. The summed E-state index contributed by atoms with van der Waals surface area (Å²) in [6.07, 6.45) is 3.37. The van der Waals surface area contributed by atoms with E-state index in [0.29, 0.717) is 17.3 Å². The molecule has 2 aromatic rings. The molecule has 0 bridgehead atoms. The number of amides is 1. The predicted octanol–water partition coefficient (Wildman–Crippen LogP) is 2.41. The minimum atomic E-state index is -0.0811. The van der Waals surface area contributed by atoms with Crippen LogP contribution in [0.25, 0.3) is 10.9 Å². The Morgan fingerprint density at radius 1 is 1.38 bits per heavy atom. The van der Waals surface area contributed by atoms with Gasteiger partial charge in [-0.25, -0.2) is 0 Å². The summed E-state index contributed by atoms with van der Waals surface area (Å²) in [6.45, 7) is 2.54. The van der Waals surface area contributed by atoms with Gasteiger partial charge in [-0.05, 0) is 37.6 Å². The molecule has 2 heterocycles. The zero-order valence-electron chi connectivity index (χ0n) is 14.0. The number of aryl methyl sites for hydroxylation is 1. The number of aliphatic hydroxyl groups is 1. The number of hydrogen-bond acceptors (Lipinski definition) is 3. The Hall–Kier alpha value is -1.56. The second-order valence-corrected chi connectivity index (χ2v) is 6.85. The number of aromatic nitrogens is 1. The third-order valence-electron chi connectivity index (χ3n) is 4.88. The van der Waals surface area contributed by atoms with Gasteiger partial charge in [-0.2, -0.15) is 0 Å². The minimum absolute atomic E-state index is 0.0811. The Morgan fingerprint density at radius 2 is 2.21 bits per heavy atom. The summed E-state index contributed by atoms with van der Waals surface area (Å²) in [5.74, 6) is -0.0811. The second-order valence-electron chi connectivity index (χ2n) is 6.42. The van der Waals surface area contributed by atoms with Crippen LogP contribution in [0, 0.1) is 0 Å². The zero-order chi connectivity index (χ0) is 17.1. The van der Waals surface area contributed by atoms with E-state index in [4.69, 9.17) is 11.6 Å². The number of carbonyl (C=O) groups excluding carboxylic acids is 1. The zero-order valence-corrected chi connectivity index (χ0v) is 14.7. The van der Waals surface area contributed by atoms with E-state index < -0.39 is 0 Å². The molecule has 1 fully saturated rings. The molecule has 1 aromatic heterocycles. The molecular weight excluding hydrogens is 326 g/mol. The van der Waals surface area contributed by atoms with E-state index >= 15 is 0 Å². The van der Waals surface area contributed by atoms with Crippen molar-refractivity contribution in [3.8, 4) is 0 Å². The predicted molar refractivity (Wildman–Crippen MR) is 96.6 cm³/mol. The Bertz CT molecular complexity index is 728. The molecule has 24 heavy (non-hydrogen) atoms. The third kappa shape index (κ3) is 3.58. The van der Waals surface area contributed by atoms with E-state index in [1.807, 2.05) is 35.9 Å². The van der Waals surface area contributed by atoms with Crippen molar-refractivity contribution in [1.29, 1.82) is 0 Å². The molecule has 1 amide bonds. The molecular formula is C18H24ClN3O2. The molecule has 3 rings (SSSR count). The summed E-state index contributed by atoms with van der Waals surface area (Å²) in [5, 5.41) is 14.1. The molecule has 5 nitrogen and oxygen atoms in total. The topological polar surface area (TPSA) is 57.5 Å². The quantitative estimate of drug-likeness (QED) is 0.871. The highest BCUT2D eigenvalue weighted by Crippen LogP contribution is 2.22. The molecule has 0 radical (unpaired) electrons. The first-order valence-corrected chi connectivity index (χ1v) is 8.86. The van der Waals surface area contributed by atoms with Gasteiger partial charge in [-0.1, -0.05) is 24.1 Å². The van der Waals surface area contributed by atoms with Gasteiger partial charge >= 0.3 is 0 Å². The minimum Gasteiger partial charge on any atom is -0.395 e. The van der Waals surface area contributed by atoms with Gasteiger partial charge in [0.05, 0.1) is 6.61 Å². The fourth-order valence-electron chi connectivity index (χ4n) is 3.49. The number of rotatable bonds is 5. The first kappa shape index (κ1) is 17.3. The van der Waals surface area contributed by atoms with Crippen LogP contribution in [-0.2, 0) is 7.05 Å². The number of fused-ring (bicyclic) bond motifs is 1. The fraction of sp³-hybridized carbons (Fsp3) is 0.500. The standard InChI is InChI=1S/C18H24ClN3O2/c1-21-16-11-14(19)6-5-13(16)10-17(21)18(24)20-7-9-22-8-3-2-4-15(22)12-23/h5-6,10-11,15,23H,2-4,7-9,12H2,1H3,(H,20,24). The van der Waals surface area contributed by atoms with Crippen LogP contribution >= 0.6 is 11.6 Å². The molecule has 2 N–H and O–H groups in total. The number of hydrogen-bond donors (Lipinski definition) is 2. The maximum absolute atomic E-state index is 12.5. The highest BCUT2D eigenvalue weighted by Gasteiger charge is 2.21. The monoisotopic (exact) mass is 349 g/mol. The van der Waals surface area contributed by atoms with Crippen molar-refractivity contribution in [2.45, 2.75) is 25.3 Å². The van der Waals surface area contributed by atoms with Crippen LogP contribution in [0.1, 0.15) is 29.8 Å². The average molecular weight is 350 g/mol. The number of nitrogens with one attached hydrogen (secondary N) is 1. The fourth-order valence-corrected chi connectivity index (χ4v) is 3.65. The Kier molecular flexibility index (Phi) is 5.43. The lowest BCUT2D eigenvalue weighted by Gasteiger charge is -2.34. The van der Waals surface area contributed by atoms with Gasteiger partial charge in [0.25, 0.3) is 5.91 Å². The summed E-state index contributed by atoms with van der Waals surface area (Å²) in [5.41, 5.74) is 1.58. The lowest BCUT2D eigenvalue weighted by molar-refractivity contribution is 0.0845. The molecule has 6 heteroatoms. The van der Waals surface area contributed by atoms with E-state index in [-0.39, 0.29) is 18.6 Å². The van der Waals surface area contributed by atoms with Gasteiger partial charge in [0.1, 0.15) is 5.69 Å². The van der Waals surface area contributed by atoms with Gasteiger partial charge in [-0.3, -0.25) is 9.69 Å². The molecule has 1 aliphatic heterocycles. The summed E-state index contributed by atoms with van der Waals surface area (Å²) >= 11 is 6.04. The second kappa shape index (κ2) is 7.55. The summed E-state index contributed by atoms with van der Waals surface area (Å²) in [4.78, 5) is 14.7. The lowest BCUT2D eigenvalue weighted by Crippen LogP contribution is -2.45. The highest BCUT2D eigenvalue weighted by atomic mass is 35.5. The van der Waals surface area contributed by atoms with E-state index in [9.17, 15) is 9.90 Å². The van der Waals surface area contributed by atoms with Crippen molar-refractivity contribution >= 4 is 28.4 Å². The van der Waals surface area contributed by atoms with Crippen LogP contribution in [0.15, 0.2) is 24.3 Å². The van der Waals surface area contributed by atoms with Crippen molar-refractivity contribution in [1.82, 2.24) is 14.8 Å². The van der Waals surface area contributed by atoms with Gasteiger partial charge in [0.15, 0.2) is 0 Å². The molecule has 1 unspecified atom stereocenters. The van der Waals surface area contributed by atoms with Gasteiger partial charge < -0.3 is 15.0 Å². The summed E-state index contributed by atoms with van der Waals surface area (Å²) in [6, 6.07) is 7.74. The molecule has 1 aromatic carbocycles. The van der Waals surface area contributed by atoms with Crippen LogP contribution in [0.3, 0.4) is 0 Å². The highest BCUT2D eigenvalue weighted by molar-refractivity contribution is 6.31. The number of benzene rings is 1. The first-order valence-electron chi connectivity index (χ1n) is 8.48. The number of likely N-dealkylation sites (tertiary alicyclic amines) is 1. The SMILES string of the molecule is Cn1c(C(=O)NCCN2CCCCC2CO)cc2ccc(Cl)cc21. The number of halogens is 1. The van der Waals surface area contributed by atoms with Crippen LogP contribution in [-0.4, -0.2) is 52.8 Å². The molecule has 1 aliphatic rings. The van der Waals surface area contributed by atoms with E-state index in [0.717, 1.165) is 36.8 Å². The van der Waals surface area contributed by atoms with Crippen molar-refractivity contribution in [2.24, 2.45) is 7.05 Å². The van der Waals surface area contributed by atoms with Crippen LogP contribution in [0.2, 0.25) is 5.02 Å². The maximum atomic E-state index is 12.5. The van der Waals surface area contributed by atoms with Gasteiger partial charge in [-0.15, -0.1) is 0 Å². The van der Waals surface area contributed by atoms with E-state index in [1.165, 1.54) is 6.42 Å². The van der Waals surface area contributed by atoms with E-state index in [1.54, 1.807) is 0 Å². The molecule has 0 saturated carbocycles. The number of piperidine rings is 1. The van der Waals surface area contributed by atoms with Crippen molar-refractivity contribution in [2.75, 3.05) is 26.2 Å². The molecule has 130 valence electrons.